The number of halogens is 1. The lowest BCUT2D eigenvalue weighted by molar-refractivity contribution is 0.118. The van der Waals surface area contributed by atoms with Gasteiger partial charge in [0.25, 0.3) is 5.19 Å². The van der Waals surface area contributed by atoms with E-state index in [0.29, 0.717) is 6.04 Å². The smallest absolute Gasteiger partial charge is 0.273 e. The predicted molar refractivity (Wildman–Crippen MR) is 67.5 cm³/mol. The fraction of sp³-hybridized carbons (Fsp3) is 0.727. The summed E-state index contributed by atoms with van der Waals surface area (Å²) in [4.78, 5) is 6.64. The van der Waals surface area contributed by atoms with E-state index >= 15 is 0 Å². The average Bonchev–Trinajstić information content (AvgIpc) is 2.92. The molecule has 3 atom stereocenters. The number of aromatic nitrogens is 1. The largest absolute Gasteiger partial charge is 0.468 e. The Bertz CT molecular complexity index is 331. The highest BCUT2D eigenvalue weighted by atomic mass is 35.5. The van der Waals surface area contributed by atoms with E-state index in [0.717, 1.165) is 23.8 Å². The quantitative estimate of drug-likeness (QED) is 0.835. The number of hydrogen-bond acceptors (Lipinski definition) is 4. The molecule has 2 heterocycles. The number of rotatable bonds is 3. The number of fused-ring (bicyclic) bond motifs is 2. The highest BCUT2D eigenvalue weighted by molar-refractivity contribution is 7.11. The average molecular weight is 261 g/mol. The fourth-order valence-electron chi connectivity index (χ4n) is 3.01. The third-order valence-electron chi connectivity index (χ3n) is 3.88. The van der Waals surface area contributed by atoms with Crippen LogP contribution in [0.4, 0.5) is 0 Å². The Morgan fingerprint density at radius 2 is 2.44 bits per heavy atom. The van der Waals surface area contributed by atoms with Crippen LogP contribution in [-0.4, -0.2) is 35.6 Å². The molecule has 90 valence electrons. The Morgan fingerprint density at radius 3 is 3.06 bits per heavy atom. The topological polar surface area (TPSA) is 25.4 Å². The Labute approximate surface area is 106 Å². The Hall–Kier alpha value is -0.320. The molecule has 1 aromatic rings. The summed E-state index contributed by atoms with van der Waals surface area (Å²) in [7, 11) is 2.24. The van der Waals surface area contributed by atoms with E-state index in [-0.39, 0.29) is 12.4 Å². The molecule has 2 aliphatic rings. The summed E-state index contributed by atoms with van der Waals surface area (Å²) in [6, 6.07) is 1.44. The second kappa shape index (κ2) is 4.90. The van der Waals surface area contributed by atoms with Crippen molar-refractivity contribution in [2.24, 2.45) is 5.92 Å². The first kappa shape index (κ1) is 12.1. The zero-order valence-electron chi connectivity index (χ0n) is 9.33. The SMILES string of the molecule is CN1[C@H]2CC[C@H](C2)[C@H]1COc1nccs1.Cl. The highest BCUT2D eigenvalue weighted by Gasteiger charge is 2.43. The van der Waals surface area contributed by atoms with Crippen molar-refractivity contribution in [3.05, 3.63) is 11.6 Å². The molecular weight excluding hydrogens is 244 g/mol. The van der Waals surface area contributed by atoms with Gasteiger partial charge in [0.1, 0.15) is 6.61 Å². The van der Waals surface area contributed by atoms with Crippen LogP contribution in [0.15, 0.2) is 11.6 Å². The van der Waals surface area contributed by atoms with Crippen molar-refractivity contribution in [2.75, 3.05) is 13.7 Å². The zero-order valence-corrected chi connectivity index (χ0v) is 11.0. The molecule has 5 heteroatoms. The van der Waals surface area contributed by atoms with E-state index in [2.05, 4.69) is 16.9 Å². The lowest BCUT2D eigenvalue weighted by Gasteiger charge is -2.31. The van der Waals surface area contributed by atoms with Gasteiger partial charge in [0.05, 0.1) is 0 Å². The summed E-state index contributed by atoms with van der Waals surface area (Å²) in [6.45, 7) is 0.811. The molecule has 3 rings (SSSR count). The van der Waals surface area contributed by atoms with Crippen LogP contribution in [0.5, 0.6) is 5.19 Å². The first-order valence-corrected chi connectivity index (χ1v) is 6.47. The zero-order chi connectivity index (χ0) is 10.3. The van der Waals surface area contributed by atoms with Crippen molar-refractivity contribution < 1.29 is 4.74 Å². The molecule has 1 aliphatic heterocycles. The van der Waals surface area contributed by atoms with Crippen LogP contribution in [0.2, 0.25) is 0 Å². The minimum Gasteiger partial charge on any atom is -0.468 e. The summed E-state index contributed by atoms with van der Waals surface area (Å²) in [5.74, 6) is 0.861. The lowest BCUT2D eigenvalue weighted by Crippen LogP contribution is -2.41. The van der Waals surface area contributed by atoms with Crippen molar-refractivity contribution in [3.8, 4) is 5.19 Å². The fourth-order valence-corrected chi connectivity index (χ4v) is 3.50. The molecule has 1 saturated carbocycles. The van der Waals surface area contributed by atoms with Gasteiger partial charge in [0.15, 0.2) is 0 Å². The van der Waals surface area contributed by atoms with Gasteiger partial charge in [-0.1, -0.05) is 11.3 Å². The molecule has 2 fully saturated rings. The summed E-state index contributed by atoms with van der Waals surface area (Å²) in [5, 5.41) is 2.77. The monoisotopic (exact) mass is 260 g/mol. The first-order chi connectivity index (χ1) is 7.34. The summed E-state index contributed by atoms with van der Waals surface area (Å²) in [5.41, 5.74) is 0. The Morgan fingerprint density at radius 1 is 1.56 bits per heavy atom. The first-order valence-electron chi connectivity index (χ1n) is 5.59. The molecule has 0 spiro atoms. The van der Waals surface area contributed by atoms with Crippen LogP contribution in [0.25, 0.3) is 0 Å². The third-order valence-corrected chi connectivity index (χ3v) is 4.56. The molecule has 0 aromatic carbocycles. The van der Waals surface area contributed by atoms with Gasteiger partial charge in [-0.3, -0.25) is 4.90 Å². The molecule has 2 bridgehead atoms. The molecule has 0 radical (unpaired) electrons. The van der Waals surface area contributed by atoms with Crippen molar-refractivity contribution in [3.63, 3.8) is 0 Å². The molecule has 0 N–H and O–H groups in total. The standard InChI is InChI=1S/C11H16N2OS.ClH/c1-13-9-3-2-8(6-9)10(13)7-14-11-12-4-5-15-11;/h4-5,8-10H,2-3,6-7H2,1H3;1H/t8-,9+,10-;/m1./s1. The summed E-state index contributed by atoms with van der Waals surface area (Å²) in [6.07, 6.45) is 5.95. The van der Waals surface area contributed by atoms with Gasteiger partial charge in [-0.15, -0.1) is 12.4 Å². The van der Waals surface area contributed by atoms with E-state index in [4.69, 9.17) is 4.74 Å². The second-order valence-corrected chi connectivity index (χ2v) is 5.43. The van der Waals surface area contributed by atoms with Gasteiger partial charge in [0.2, 0.25) is 0 Å². The molecule has 1 aliphatic carbocycles. The number of ether oxygens (including phenoxy) is 1. The summed E-state index contributed by atoms with van der Waals surface area (Å²) >= 11 is 1.58. The van der Waals surface area contributed by atoms with E-state index in [1.54, 1.807) is 17.5 Å². The predicted octanol–water partition coefficient (Wildman–Crippen LogP) is 2.43. The van der Waals surface area contributed by atoms with Crippen LogP contribution in [0, 0.1) is 5.92 Å². The summed E-state index contributed by atoms with van der Waals surface area (Å²) < 4.78 is 5.72. The van der Waals surface area contributed by atoms with Gasteiger partial charge in [-0.2, -0.15) is 0 Å². The van der Waals surface area contributed by atoms with Crippen LogP contribution in [-0.2, 0) is 0 Å². The maximum absolute atomic E-state index is 5.72. The number of nitrogens with zero attached hydrogens (tertiary/aromatic N) is 2. The minimum atomic E-state index is 0. The Balaban J connectivity index is 0.000000963. The van der Waals surface area contributed by atoms with Gasteiger partial charge in [0, 0.05) is 23.7 Å². The van der Waals surface area contributed by atoms with Crippen LogP contribution in [0.1, 0.15) is 19.3 Å². The maximum Gasteiger partial charge on any atom is 0.273 e. The van der Waals surface area contributed by atoms with Crippen molar-refractivity contribution >= 4 is 23.7 Å². The number of thiazole rings is 1. The van der Waals surface area contributed by atoms with Crippen molar-refractivity contribution in [1.82, 2.24) is 9.88 Å². The van der Waals surface area contributed by atoms with Gasteiger partial charge < -0.3 is 4.74 Å². The molecule has 3 nitrogen and oxygen atoms in total. The van der Waals surface area contributed by atoms with E-state index in [1.807, 2.05) is 5.38 Å². The normalized spacial score (nSPS) is 32.7. The highest BCUT2D eigenvalue weighted by Crippen LogP contribution is 2.41. The number of likely N-dealkylation sites (tertiary alicyclic amines) is 1. The van der Waals surface area contributed by atoms with E-state index in [1.165, 1.54) is 19.3 Å². The lowest BCUT2D eigenvalue weighted by atomic mass is 10.00. The number of likely N-dealkylation sites (N-methyl/N-ethyl adjacent to an activating group) is 1. The molecule has 0 unspecified atom stereocenters. The van der Waals surface area contributed by atoms with E-state index < -0.39 is 0 Å². The number of hydrogen-bond donors (Lipinski definition) is 0. The minimum absolute atomic E-state index is 0. The molecule has 16 heavy (non-hydrogen) atoms. The third kappa shape index (κ3) is 2.06. The molecule has 0 amide bonds. The molecule has 1 aromatic heterocycles. The van der Waals surface area contributed by atoms with Crippen molar-refractivity contribution in [2.45, 2.75) is 31.3 Å². The van der Waals surface area contributed by atoms with Crippen LogP contribution >= 0.6 is 23.7 Å². The number of piperidine rings is 1. The molecule has 1 saturated heterocycles. The van der Waals surface area contributed by atoms with Gasteiger partial charge in [-0.25, -0.2) is 4.98 Å². The van der Waals surface area contributed by atoms with Crippen LogP contribution in [0.3, 0.4) is 0 Å². The second-order valence-electron chi connectivity index (χ2n) is 4.57. The maximum atomic E-state index is 5.72. The van der Waals surface area contributed by atoms with Crippen LogP contribution < -0.4 is 4.74 Å². The van der Waals surface area contributed by atoms with Crippen molar-refractivity contribution in [1.29, 1.82) is 0 Å². The van der Waals surface area contributed by atoms with Gasteiger partial charge in [-0.05, 0) is 32.2 Å². The van der Waals surface area contributed by atoms with Gasteiger partial charge >= 0.3 is 0 Å². The van der Waals surface area contributed by atoms with E-state index in [9.17, 15) is 0 Å². The Kier molecular flexibility index (Phi) is 3.72. The molecular formula is C11H17ClN2OS.